The normalized spacial score (nSPS) is 22.7. The van der Waals surface area contributed by atoms with Gasteiger partial charge >= 0.3 is 0 Å². The summed E-state index contributed by atoms with van der Waals surface area (Å²) in [6.45, 7) is 0. The highest BCUT2D eigenvalue weighted by molar-refractivity contribution is 6.05. The van der Waals surface area contributed by atoms with E-state index in [2.05, 4.69) is 10.3 Å². The lowest BCUT2D eigenvalue weighted by molar-refractivity contribution is 0.0930. The molecule has 1 aromatic carbocycles. The van der Waals surface area contributed by atoms with Crippen molar-refractivity contribution < 1.29 is 4.79 Å². The number of rotatable bonds is 2. The zero-order valence-electron chi connectivity index (χ0n) is 12.1. The molecule has 21 heavy (non-hydrogen) atoms. The minimum atomic E-state index is -0.0679. The second-order valence-corrected chi connectivity index (χ2v) is 5.76. The van der Waals surface area contributed by atoms with Crippen LogP contribution in [0.1, 0.15) is 42.5 Å². The maximum Gasteiger partial charge on any atom is 0.253 e. The van der Waals surface area contributed by atoms with Crippen LogP contribution in [0.3, 0.4) is 0 Å². The fourth-order valence-corrected chi connectivity index (χ4v) is 3.05. The number of nitrogens with one attached hydrogen (secondary N) is 1. The number of carbonyl (C=O) groups is 1. The zero-order valence-corrected chi connectivity index (χ0v) is 12.1. The Morgan fingerprint density at radius 3 is 2.86 bits per heavy atom. The van der Waals surface area contributed by atoms with E-state index in [1.165, 1.54) is 6.42 Å². The number of para-hydroxylation sites is 1. The number of pyridine rings is 1. The third-order valence-corrected chi connectivity index (χ3v) is 4.26. The third kappa shape index (κ3) is 3.05. The monoisotopic (exact) mass is 283 g/mol. The van der Waals surface area contributed by atoms with E-state index in [1.54, 1.807) is 6.20 Å². The standard InChI is InChI=1S/C17H21N3O/c18-14-9-2-1-3-10-15(14)20-17(21)13-8-4-6-12-7-5-11-19-16(12)13/h4-8,11,14-15H,1-3,9-10,18H2,(H,20,21). The van der Waals surface area contributed by atoms with Crippen LogP contribution in [0.4, 0.5) is 0 Å². The van der Waals surface area contributed by atoms with E-state index in [9.17, 15) is 4.79 Å². The molecule has 1 heterocycles. The first-order valence-electron chi connectivity index (χ1n) is 7.66. The second kappa shape index (κ2) is 6.22. The molecule has 1 amide bonds. The highest BCUT2D eigenvalue weighted by Crippen LogP contribution is 2.19. The Bertz CT molecular complexity index is 635. The number of hydrogen-bond donors (Lipinski definition) is 2. The Morgan fingerprint density at radius 1 is 1.14 bits per heavy atom. The number of fused-ring (bicyclic) bond motifs is 1. The van der Waals surface area contributed by atoms with Crippen molar-refractivity contribution in [2.45, 2.75) is 44.2 Å². The van der Waals surface area contributed by atoms with Crippen LogP contribution in [0.25, 0.3) is 10.9 Å². The largest absolute Gasteiger partial charge is 0.348 e. The van der Waals surface area contributed by atoms with Gasteiger partial charge in [0.25, 0.3) is 5.91 Å². The van der Waals surface area contributed by atoms with Crippen LogP contribution >= 0.6 is 0 Å². The van der Waals surface area contributed by atoms with Crippen molar-refractivity contribution in [3.63, 3.8) is 0 Å². The number of nitrogens with two attached hydrogens (primary N) is 1. The molecule has 3 N–H and O–H groups in total. The van der Waals surface area contributed by atoms with Gasteiger partial charge in [-0.15, -0.1) is 0 Å². The number of carbonyl (C=O) groups excluding carboxylic acids is 1. The van der Waals surface area contributed by atoms with E-state index in [4.69, 9.17) is 5.73 Å². The van der Waals surface area contributed by atoms with Crippen LogP contribution in [0.2, 0.25) is 0 Å². The molecule has 4 heteroatoms. The van der Waals surface area contributed by atoms with Gasteiger partial charge in [0.2, 0.25) is 0 Å². The predicted molar refractivity (Wildman–Crippen MR) is 84.1 cm³/mol. The van der Waals surface area contributed by atoms with Crippen molar-refractivity contribution in [2.24, 2.45) is 5.73 Å². The lowest BCUT2D eigenvalue weighted by atomic mass is 10.0. The summed E-state index contributed by atoms with van der Waals surface area (Å²) >= 11 is 0. The van der Waals surface area contributed by atoms with Crippen LogP contribution in [0, 0.1) is 0 Å². The summed E-state index contributed by atoms with van der Waals surface area (Å²) in [5.41, 5.74) is 7.57. The van der Waals surface area contributed by atoms with Gasteiger partial charge < -0.3 is 11.1 Å². The molecule has 1 aromatic heterocycles. The smallest absolute Gasteiger partial charge is 0.253 e. The van der Waals surface area contributed by atoms with Crippen LogP contribution in [-0.4, -0.2) is 23.0 Å². The van der Waals surface area contributed by atoms with E-state index >= 15 is 0 Å². The van der Waals surface area contributed by atoms with Crippen molar-refractivity contribution in [2.75, 3.05) is 0 Å². The maximum absolute atomic E-state index is 12.6. The van der Waals surface area contributed by atoms with E-state index in [-0.39, 0.29) is 18.0 Å². The van der Waals surface area contributed by atoms with Gasteiger partial charge in [-0.1, -0.05) is 37.5 Å². The zero-order chi connectivity index (χ0) is 14.7. The highest BCUT2D eigenvalue weighted by Gasteiger charge is 2.23. The molecule has 2 atom stereocenters. The summed E-state index contributed by atoms with van der Waals surface area (Å²) in [5, 5.41) is 4.09. The molecule has 2 unspecified atom stereocenters. The first kappa shape index (κ1) is 14.0. The minimum absolute atomic E-state index is 0.0550. The van der Waals surface area contributed by atoms with Crippen LogP contribution in [0.5, 0.6) is 0 Å². The summed E-state index contributed by atoms with van der Waals surface area (Å²) in [7, 11) is 0. The molecule has 0 aliphatic heterocycles. The molecule has 1 saturated carbocycles. The Balaban J connectivity index is 1.83. The number of benzene rings is 1. The summed E-state index contributed by atoms with van der Waals surface area (Å²) in [6, 6.07) is 9.66. The first-order chi connectivity index (χ1) is 10.3. The number of aromatic nitrogens is 1. The SMILES string of the molecule is NC1CCCCCC1NC(=O)c1cccc2cccnc12. The van der Waals surface area contributed by atoms with Gasteiger partial charge in [0.15, 0.2) is 0 Å². The van der Waals surface area contributed by atoms with Gasteiger partial charge in [-0.3, -0.25) is 9.78 Å². The molecule has 3 rings (SSSR count). The van der Waals surface area contributed by atoms with Gasteiger partial charge in [0.05, 0.1) is 11.1 Å². The second-order valence-electron chi connectivity index (χ2n) is 5.76. The lowest BCUT2D eigenvalue weighted by Gasteiger charge is -2.22. The Labute approximate surface area is 124 Å². The average Bonchev–Trinajstić information content (AvgIpc) is 2.71. The fourth-order valence-electron chi connectivity index (χ4n) is 3.05. The Hall–Kier alpha value is -1.94. The van der Waals surface area contributed by atoms with E-state index in [0.717, 1.165) is 36.6 Å². The van der Waals surface area contributed by atoms with E-state index in [0.29, 0.717) is 5.56 Å². The van der Waals surface area contributed by atoms with E-state index in [1.807, 2.05) is 30.3 Å². The van der Waals surface area contributed by atoms with Crippen molar-refractivity contribution in [3.8, 4) is 0 Å². The highest BCUT2D eigenvalue weighted by atomic mass is 16.1. The molecule has 1 aliphatic rings. The molecule has 0 bridgehead atoms. The van der Waals surface area contributed by atoms with Crippen molar-refractivity contribution in [3.05, 3.63) is 42.1 Å². The molecule has 2 aromatic rings. The molecule has 4 nitrogen and oxygen atoms in total. The summed E-state index contributed by atoms with van der Waals surface area (Å²) in [5.74, 6) is -0.0679. The third-order valence-electron chi connectivity index (χ3n) is 4.26. The summed E-state index contributed by atoms with van der Waals surface area (Å²) < 4.78 is 0. The number of hydrogen-bond acceptors (Lipinski definition) is 3. The van der Waals surface area contributed by atoms with Crippen molar-refractivity contribution in [1.29, 1.82) is 0 Å². The average molecular weight is 283 g/mol. The molecule has 1 fully saturated rings. The molecular formula is C17H21N3O. The van der Waals surface area contributed by atoms with Crippen LogP contribution < -0.4 is 11.1 Å². The predicted octanol–water partition coefficient (Wildman–Crippen LogP) is 2.62. The quantitative estimate of drug-likeness (QED) is 0.832. The lowest BCUT2D eigenvalue weighted by Crippen LogP contribution is -2.47. The molecule has 0 radical (unpaired) electrons. The van der Waals surface area contributed by atoms with Crippen molar-refractivity contribution in [1.82, 2.24) is 10.3 Å². The van der Waals surface area contributed by atoms with Crippen molar-refractivity contribution >= 4 is 16.8 Å². The fraction of sp³-hybridized carbons (Fsp3) is 0.412. The van der Waals surface area contributed by atoms with Crippen LogP contribution in [-0.2, 0) is 0 Å². The maximum atomic E-state index is 12.6. The Morgan fingerprint density at radius 2 is 1.95 bits per heavy atom. The summed E-state index contributed by atoms with van der Waals surface area (Å²) in [6.07, 6.45) is 7.16. The topological polar surface area (TPSA) is 68.0 Å². The molecule has 0 saturated heterocycles. The van der Waals surface area contributed by atoms with Gasteiger partial charge in [-0.25, -0.2) is 0 Å². The number of nitrogens with zero attached hydrogens (tertiary/aromatic N) is 1. The number of amides is 1. The van der Waals surface area contributed by atoms with Gasteiger partial charge in [0, 0.05) is 23.7 Å². The Kier molecular flexibility index (Phi) is 4.15. The minimum Gasteiger partial charge on any atom is -0.348 e. The van der Waals surface area contributed by atoms with Gasteiger partial charge in [-0.05, 0) is 25.0 Å². The van der Waals surface area contributed by atoms with Gasteiger partial charge in [0.1, 0.15) is 0 Å². The van der Waals surface area contributed by atoms with Gasteiger partial charge in [-0.2, -0.15) is 0 Å². The van der Waals surface area contributed by atoms with E-state index < -0.39 is 0 Å². The molecule has 1 aliphatic carbocycles. The molecule has 0 spiro atoms. The molecular weight excluding hydrogens is 262 g/mol. The van der Waals surface area contributed by atoms with Crippen LogP contribution in [0.15, 0.2) is 36.5 Å². The first-order valence-corrected chi connectivity index (χ1v) is 7.66. The molecule has 110 valence electrons. The summed E-state index contributed by atoms with van der Waals surface area (Å²) in [4.78, 5) is 16.9.